The smallest absolute Gasteiger partial charge is 0.254 e. The van der Waals surface area contributed by atoms with Crippen LogP contribution in [0, 0.1) is 12.7 Å². The average molecular weight is 328 g/mol. The second-order valence-corrected chi connectivity index (χ2v) is 6.23. The quantitative estimate of drug-likeness (QED) is 0.864. The van der Waals surface area contributed by atoms with Crippen LogP contribution in [-0.2, 0) is 6.54 Å². The number of amides is 1. The molecule has 0 N–H and O–H groups in total. The lowest BCUT2D eigenvalue weighted by Crippen LogP contribution is -2.36. The maximum absolute atomic E-state index is 13.2. The molecule has 5 nitrogen and oxygen atoms in total. The molecule has 0 saturated carbocycles. The lowest BCUT2D eigenvalue weighted by molar-refractivity contribution is 0.0778. The fourth-order valence-corrected chi connectivity index (χ4v) is 3.09. The molecule has 1 aromatic carbocycles. The topological polar surface area (TPSA) is 49.3 Å². The Balaban J connectivity index is 1.63. The normalized spacial score (nSPS) is 17.5. The van der Waals surface area contributed by atoms with Crippen LogP contribution < -0.4 is 0 Å². The molecule has 0 radical (unpaired) electrons. The largest absolute Gasteiger partial charge is 0.337 e. The Bertz CT molecular complexity index is 722. The molecule has 2 heterocycles. The zero-order valence-corrected chi connectivity index (χ0v) is 13.9. The van der Waals surface area contributed by atoms with E-state index >= 15 is 0 Å². The number of carbonyl (C=O) groups is 1. The van der Waals surface area contributed by atoms with Crippen molar-refractivity contribution in [3.05, 3.63) is 59.4 Å². The molecule has 0 spiro atoms. The van der Waals surface area contributed by atoms with Crippen LogP contribution >= 0.6 is 0 Å². The highest BCUT2D eigenvalue weighted by Crippen LogP contribution is 2.20. The van der Waals surface area contributed by atoms with Crippen LogP contribution in [0.3, 0.4) is 0 Å². The van der Waals surface area contributed by atoms with Crippen LogP contribution in [0.1, 0.15) is 28.2 Å². The maximum atomic E-state index is 13.2. The lowest BCUT2D eigenvalue weighted by Gasteiger charge is -2.24. The summed E-state index contributed by atoms with van der Waals surface area (Å²) in [5.74, 6) is 0.435. The third kappa shape index (κ3) is 3.59. The predicted octanol–water partition coefficient (Wildman–Crippen LogP) is 2.27. The van der Waals surface area contributed by atoms with E-state index in [2.05, 4.69) is 14.9 Å². The van der Waals surface area contributed by atoms with Crippen LogP contribution in [0.4, 0.5) is 4.39 Å². The van der Waals surface area contributed by atoms with E-state index in [0.29, 0.717) is 30.8 Å². The summed E-state index contributed by atoms with van der Waals surface area (Å²) in [6, 6.07) is 6.39. The summed E-state index contributed by atoms with van der Waals surface area (Å²) in [6.07, 6.45) is 4.38. The minimum absolute atomic E-state index is 0.0284. The Morgan fingerprint density at radius 1 is 1.38 bits per heavy atom. The van der Waals surface area contributed by atoms with E-state index in [1.807, 2.05) is 11.9 Å². The molecular formula is C18H21FN4O. The summed E-state index contributed by atoms with van der Waals surface area (Å²) in [7, 11) is 2.03. The van der Waals surface area contributed by atoms with E-state index in [1.54, 1.807) is 31.5 Å². The Labute approximate surface area is 141 Å². The van der Waals surface area contributed by atoms with Gasteiger partial charge < -0.3 is 4.90 Å². The average Bonchev–Trinajstić information content (AvgIpc) is 3.05. The Kier molecular flexibility index (Phi) is 4.85. The zero-order chi connectivity index (χ0) is 17.1. The third-order valence-corrected chi connectivity index (χ3v) is 4.50. The first-order valence-electron chi connectivity index (χ1n) is 8.06. The number of benzene rings is 1. The highest BCUT2D eigenvalue weighted by Gasteiger charge is 2.30. The summed E-state index contributed by atoms with van der Waals surface area (Å²) in [5.41, 5.74) is 1.25. The second-order valence-electron chi connectivity index (χ2n) is 6.23. The molecule has 3 rings (SSSR count). The van der Waals surface area contributed by atoms with Gasteiger partial charge in [-0.3, -0.25) is 9.69 Å². The van der Waals surface area contributed by atoms with Crippen molar-refractivity contribution in [3.8, 4) is 0 Å². The van der Waals surface area contributed by atoms with Gasteiger partial charge in [0, 0.05) is 37.1 Å². The van der Waals surface area contributed by atoms with Crippen molar-refractivity contribution in [1.82, 2.24) is 19.8 Å². The van der Waals surface area contributed by atoms with Gasteiger partial charge in [0.1, 0.15) is 11.6 Å². The third-order valence-electron chi connectivity index (χ3n) is 4.50. The molecule has 0 bridgehead atoms. The highest BCUT2D eigenvalue weighted by molar-refractivity contribution is 5.95. The van der Waals surface area contributed by atoms with Gasteiger partial charge in [0.2, 0.25) is 0 Å². The molecule has 0 aliphatic carbocycles. The van der Waals surface area contributed by atoms with Gasteiger partial charge in [-0.1, -0.05) is 0 Å². The molecule has 1 aliphatic heterocycles. The molecule has 1 aromatic heterocycles. The number of rotatable bonds is 4. The Hall–Kier alpha value is -2.34. The monoisotopic (exact) mass is 328 g/mol. The fraction of sp³-hybridized carbons (Fsp3) is 0.389. The van der Waals surface area contributed by atoms with E-state index in [-0.39, 0.29) is 17.8 Å². The van der Waals surface area contributed by atoms with Crippen molar-refractivity contribution >= 4 is 5.91 Å². The van der Waals surface area contributed by atoms with E-state index in [4.69, 9.17) is 0 Å². The van der Waals surface area contributed by atoms with E-state index < -0.39 is 0 Å². The van der Waals surface area contributed by atoms with Gasteiger partial charge in [-0.05, 0) is 50.2 Å². The summed E-state index contributed by atoms with van der Waals surface area (Å²) in [4.78, 5) is 25.2. The van der Waals surface area contributed by atoms with Gasteiger partial charge in [-0.25, -0.2) is 14.4 Å². The van der Waals surface area contributed by atoms with Gasteiger partial charge >= 0.3 is 0 Å². The van der Waals surface area contributed by atoms with Gasteiger partial charge in [0.15, 0.2) is 0 Å². The summed E-state index contributed by atoms with van der Waals surface area (Å²) < 4.78 is 13.2. The molecular weight excluding hydrogens is 307 g/mol. The molecule has 1 aliphatic rings. The van der Waals surface area contributed by atoms with Crippen molar-refractivity contribution < 1.29 is 9.18 Å². The minimum atomic E-state index is -0.314. The Morgan fingerprint density at radius 2 is 2.12 bits per heavy atom. The number of aryl methyl sites for hydroxylation is 1. The SMILES string of the molecule is Cc1cc(F)ccc1C(=O)N1CC[C@H](N(C)Cc2ncccn2)C1. The Morgan fingerprint density at radius 3 is 2.83 bits per heavy atom. The maximum Gasteiger partial charge on any atom is 0.254 e. The van der Waals surface area contributed by atoms with Crippen LogP contribution in [-0.4, -0.2) is 51.9 Å². The van der Waals surface area contributed by atoms with Crippen LogP contribution in [0.15, 0.2) is 36.7 Å². The first-order valence-corrected chi connectivity index (χ1v) is 8.06. The van der Waals surface area contributed by atoms with Crippen molar-refractivity contribution in [2.75, 3.05) is 20.1 Å². The predicted molar refractivity (Wildman–Crippen MR) is 88.9 cm³/mol. The van der Waals surface area contributed by atoms with Gasteiger partial charge in [-0.2, -0.15) is 0 Å². The van der Waals surface area contributed by atoms with Crippen molar-refractivity contribution in [1.29, 1.82) is 0 Å². The first-order chi connectivity index (χ1) is 11.5. The van der Waals surface area contributed by atoms with E-state index in [1.165, 1.54) is 12.1 Å². The summed E-state index contributed by atoms with van der Waals surface area (Å²) in [6.45, 7) is 3.80. The first kappa shape index (κ1) is 16.5. The number of likely N-dealkylation sites (N-methyl/N-ethyl adjacent to an activating group) is 1. The standard InChI is InChI=1S/C18H21FN4O/c1-13-10-14(19)4-5-16(13)18(24)23-9-6-15(11-23)22(2)12-17-20-7-3-8-21-17/h3-5,7-8,10,15H,6,9,11-12H2,1-2H3/t15-/m0/s1. The van der Waals surface area contributed by atoms with Gasteiger partial charge in [-0.15, -0.1) is 0 Å². The molecule has 24 heavy (non-hydrogen) atoms. The van der Waals surface area contributed by atoms with Gasteiger partial charge in [0.25, 0.3) is 5.91 Å². The number of hydrogen-bond donors (Lipinski definition) is 0. The number of carbonyl (C=O) groups excluding carboxylic acids is 1. The molecule has 1 fully saturated rings. The number of aromatic nitrogens is 2. The zero-order valence-electron chi connectivity index (χ0n) is 13.9. The highest BCUT2D eigenvalue weighted by atomic mass is 19.1. The van der Waals surface area contributed by atoms with E-state index in [0.717, 1.165) is 12.2 Å². The fourth-order valence-electron chi connectivity index (χ4n) is 3.09. The molecule has 1 saturated heterocycles. The molecule has 126 valence electrons. The second kappa shape index (κ2) is 7.05. The summed E-state index contributed by atoms with van der Waals surface area (Å²) >= 11 is 0. The van der Waals surface area contributed by atoms with Crippen LogP contribution in [0.5, 0.6) is 0 Å². The summed E-state index contributed by atoms with van der Waals surface area (Å²) in [5, 5.41) is 0. The minimum Gasteiger partial charge on any atom is -0.337 e. The van der Waals surface area contributed by atoms with Gasteiger partial charge in [0.05, 0.1) is 6.54 Å². The molecule has 0 unspecified atom stereocenters. The number of halogens is 1. The molecule has 2 aromatic rings. The van der Waals surface area contributed by atoms with Crippen LogP contribution in [0.25, 0.3) is 0 Å². The van der Waals surface area contributed by atoms with E-state index in [9.17, 15) is 9.18 Å². The lowest BCUT2D eigenvalue weighted by atomic mass is 10.1. The number of likely N-dealkylation sites (tertiary alicyclic amines) is 1. The number of hydrogen-bond acceptors (Lipinski definition) is 4. The van der Waals surface area contributed by atoms with Crippen LogP contribution in [0.2, 0.25) is 0 Å². The number of nitrogens with zero attached hydrogens (tertiary/aromatic N) is 4. The van der Waals surface area contributed by atoms with Crippen molar-refractivity contribution in [3.63, 3.8) is 0 Å². The molecule has 1 amide bonds. The van der Waals surface area contributed by atoms with Crippen molar-refractivity contribution in [2.24, 2.45) is 0 Å². The molecule has 1 atom stereocenters. The molecule has 6 heteroatoms. The van der Waals surface area contributed by atoms with Crippen molar-refractivity contribution in [2.45, 2.75) is 25.9 Å².